The average molecular weight is 334 g/mol. The summed E-state index contributed by atoms with van der Waals surface area (Å²) < 4.78 is 25.7. The van der Waals surface area contributed by atoms with Gasteiger partial charge in [0.15, 0.2) is 8.32 Å². The van der Waals surface area contributed by atoms with Crippen LogP contribution >= 0.6 is 0 Å². The van der Waals surface area contributed by atoms with E-state index in [0.717, 1.165) is 0 Å². The number of halogens is 1. The fraction of sp³-hybridized carbons (Fsp3) is 0.938. The third-order valence-electron chi connectivity index (χ3n) is 4.45. The van der Waals surface area contributed by atoms with Crippen LogP contribution in [0.1, 0.15) is 54.4 Å². The van der Waals surface area contributed by atoms with Crippen molar-refractivity contribution in [1.29, 1.82) is 0 Å². The average Bonchev–Trinajstić information content (AvgIpc) is 2.56. The SMILES string of the molecule is CC(C)(C)OC(=O)N[C@@H]1CCC(F)C1O[Si](C)(C)C(C)(C)C. The molecule has 2 unspecified atom stereocenters. The summed E-state index contributed by atoms with van der Waals surface area (Å²) in [5, 5.41) is 2.79. The van der Waals surface area contributed by atoms with E-state index >= 15 is 0 Å². The Labute approximate surface area is 135 Å². The molecule has 1 aliphatic carbocycles. The summed E-state index contributed by atoms with van der Waals surface area (Å²) >= 11 is 0. The second-order valence-electron chi connectivity index (χ2n) is 8.69. The Balaban J connectivity index is 2.74. The minimum absolute atomic E-state index is 0.00573. The van der Waals surface area contributed by atoms with Crippen LogP contribution in [-0.4, -0.2) is 38.3 Å². The van der Waals surface area contributed by atoms with E-state index in [1.807, 2.05) is 20.8 Å². The highest BCUT2D eigenvalue weighted by Gasteiger charge is 2.46. The van der Waals surface area contributed by atoms with Gasteiger partial charge in [0.05, 0.1) is 12.1 Å². The Morgan fingerprint density at radius 1 is 1.14 bits per heavy atom. The summed E-state index contributed by atoms with van der Waals surface area (Å²) in [6, 6.07) is -0.320. The van der Waals surface area contributed by atoms with Crippen LogP contribution in [0.25, 0.3) is 0 Å². The van der Waals surface area contributed by atoms with Gasteiger partial charge < -0.3 is 14.5 Å². The lowest BCUT2D eigenvalue weighted by molar-refractivity contribution is 0.0412. The Morgan fingerprint density at radius 3 is 2.14 bits per heavy atom. The van der Waals surface area contributed by atoms with Gasteiger partial charge in [-0.1, -0.05) is 20.8 Å². The quantitative estimate of drug-likeness (QED) is 0.779. The summed E-state index contributed by atoms with van der Waals surface area (Å²) in [6.45, 7) is 16.0. The van der Waals surface area contributed by atoms with Crippen molar-refractivity contribution in [1.82, 2.24) is 5.32 Å². The zero-order chi connectivity index (χ0) is 17.3. The van der Waals surface area contributed by atoms with Gasteiger partial charge in [0.2, 0.25) is 0 Å². The highest BCUT2D eigenvalue weighted by Crippen LogP contribution is 2.40. The van der Waals surface area contributed by atoms with Gasteiger partial charge in [-0.05, 0) is 51.7 Å². The number of rotatable bonds is 3. The van der Waals surface area contributed by atoms with Gasteiger partial charge in [-0.25, -0.2) is 9.18 Å². The van der Waals surface area contributed by atoms with Crippen molar-refractivity contribution in [2.24, 2.45) is 0 Å². The van der Waals surface area contributed by atoms with E-state index < -0.39 is 32.3 Å². The lowest BCUT2D eigenvalue weighted by atomic mass is 10.2. The summed E-state index contributed by atoms with van der Waals surface area (Å²) in [6.07, 6.45) is -1.11. The van der Waals surface area contributed by atoms with Crippen molar-refractivity contribution in [3.8, 4) is 0 Å². The maximum absolute atomic E-state index is 14.3. The largest absolute Gasteiger partial charge is 0.444 e. The fourth-order valence-corrected chi connectivity index (χ4v) is 3.55. The summed E-state index contributed by atoms with van der Waals surface area (Å²) in [4.78, 5) is 11.9. The molecule has 0 bridgehead atoms. The van der Waals surface area contributed by atoms with Gasteiger partial charge in [0, 0.05) is 0 Å². The molecule has 0 aromatic rings. The maximum Gasteiger partial charge on any atom is 0.407 e. The molecule has 1 N–H and O–H groups in total. The van der Waals surface area contributed by atoms with Crippen LogP contribution in [0.15, 0.2) is 0 Å². The molecular formula is C16H32FNO3Si. The van der Waals surface area contributed by atoms with Crippen LogP contribution in [0, 0.1) is 0 Å². The molecule has 130 valence electrons. The summed E-state index contributed by atoms with van der Waals surface area (Å²) in [5.74, 6) is 0. The predicted molar refractivity (Wildman–Crippen MR) is 89.4 cm³/mol. The highest BCUT2D eigenvalue weighted by atomic mass is 28.4. The predicted octanol–water partition coefficient (Wildman–Crippen LogP) is 4.40. The molecule has 0 heterocycles. The van der Waals surface area contributed by atoms with E-state index in [2.05, 4.69) is 39.2 Å². The lowest BCUT2D eigenvalue weighted by Gasteiger charge is -2.40. The van der Waals surface area contributed by atoms with Crippen LogP contribution in [0.2, 0.25) is 18.1 Å². The third kappa shape index (κ3) is 5.23. The van der Waals surface area contributed by atoms with Gasteiger partial charge in [-0.2, -0.15) is 0 Å². The van der Waals surface area contributed by atoms with Gasteiger partial charge in [0.25, 0.3) is 0 Å². The molecular weight excluding hydrogens is 301 g/mol. The molecule has 6 heteroatoms. The number of nitrogens with one attached hydrogen (secondary N) is 1. The van der Waals surface area contributed by atoms with Crippen LogP contribution in [0.3, 0.4) is 0 Å². The minimum atomic E-state index is -2.08. The van der Waals surface area contributed by atoms with Crippen molar-refractivity contribution in [2.75, 3.05) is 0 Å². The topological polar surface area (TPSA) is 47.6 Å². The first kappa shape index (κ1) is 19.4. The Bertz CT molecular complexity index is 401. The van der Waals surface area contributed by atoms with E-state index in [-0.39, 0.29) is 11.1 Å². The van der Waals surface area contributed by atoms with Crippen LogP contribution in [0.5, 0.6) is 0 Å². The second-order valence-corrected chi connectivity index (χ2v) is 13.4. The summed E-state index contributed by atoms with van der Waals surface area (Å²) in [7, 11) is -2.08. The smallest absolute Gasteiger partial charge is 0.407 e. The van der Waals surface area contributed by atoms with Crippen molar-refractivity contribution in [3.05, 3.63) is 0 Å². The standard InChI is InChI=1S/C16H32FNO3Si/c1-15(2,3)20-14(19)18-12-10-9-11(17)13(12)21-22(7,8)16(4,5)6/h11-13H,9-10H2,1-8H3,(H,18,19)/t11?,12-,13?/m1/s1. The molecule has 0 aromatic heterocycles. The third-order valence-corrected chi connectivity index (χ3v) is 8.92. The van der Waals surface area contributed by atoms with Gasteiger partial charge in [-0.15, -0.1) is 0 Å². The van der Waals surface area contributed by atoms with Gasteiger partial charge in [0.1, 0.15) is 11.8 Å². The Hall–Kier alpha value is -0.623. The van der Waals surface area contributed by atoms with Crippen molar-refractivity contribution in [2.45, 2.75) is 96.4 Å². The fourth-order valence-electron chi connectivity index (χ4n) is 2.21. The number of carbonyl (C=O) groups excluding carboxylic acids is 1. The molecule has 1 aliphatic rings. The molecule has 1 saturated carbocycles. The maximum atomic E-state index is 14.3. The van der Waals surface area contributed by atoms with Crippen LogP contribution in [0.4, 0.5) is 9.18 Å². The Morgan fingerprint density at radius 2 is 1.68 bits per heavy atom. The number of alkyl carbamates (subject to hydrolysis) is 1. The number of carbonyl (C=O) groups is 1. The van der Waals surface area contributed by atoms with E-state index in [9.17, 15) is 9.18 Å². The van der Waals surface area contributed by atoms with Crippen LogP contribution in [-0.2, 0) is 9.16 Å². The Kier molecular flexibility index (Phi) is 5.72. The lowest BCUT2D eigenvalue weighted by Crippen LogP contribution is -2.52. The molecule has 0 aromatic carbocycles. The molecule has 1 fully saturated rings. The van der Waals surface area contributed by atoms with Gasteiger partial charge in [-0.3, -0.25) is 0 Å². The van der Waals surface area contributed by atoms with Crippen molar-refractivity contribution in [3.63, 3.8) is 0 Å². The molecule has 0 spiro atoms. The van der Waals surface area contributed by atoms with Crippen LogP contribution < -0.4 is 5.32 Å². The number of alkyl halides is 1. The molecule has 0 radical (unpaired) electrons. The van der Waals surface area contributed by atoms with E-state index in [1.165, 1.54) is 0 Å². The molecule has 3 atom stereocenters. The summed E-state index contributed by atoms with van der Waals surface area (Å²) in [5.41, 5.74) is -0.562. The number of amides is 1. The monoisotopic (exact) mass is 333 g/mol. The molecule has 22 heavy (non-hydrogen) atoms. The first-order valence-electron chi connectivity index (χ1n) is 8.04. The number of hydrogen-bond donors (Lipinski definition) is 1. The van der Waals surface area contributed by atoms with E-state index in [1.54, 1.807) is 0 Å². The zero-order valence-electron chi connectivity index (χ0n) is 15.2. The molecule has 4 nitrogen and oxygen atoms in total. The van der Waals surface area contributed by atoms with Crippen molar-refractivity contribution < 1.29 is 18.3 Å². The second kappa shape index (κ2) is 6.47. The van der Waals surface area contributed by atoms with E-state index in [0.29, 0.717) is 12.8 Å². The molecule has 1 amide bonds. The first-order valence-corrected chi connectivity index (χ1v) is 11.0. The normalized spacial score (nSPS) is 26.9. The molecule has 0 aliphatic heterocycles. The number of ether oxygens (including phenoxy) is 1. The zero-order valence-corrected chi connectivity index (χ0v) is 16.2. The van der Waals surface area contributed by atoms with Crippen molar-refractivity contribution >= 4 is 14.4 Å². The number of hydrogen-bond acceptors (Lipinski definition) is 3. The highest BCUT2D eigenvalue weighted by molar-refractivity contribution is 6.74. The molecule has 1 rings (SSSR count). The minimum Gasteiger partial charge on any atom is -0.444 e. The molecule has 0 saturated heterocycles. The van der Waals surface area contributed by atoms with Gasteiger partial charge >= 0.3 is 6.09 Å². The first-order chi connectivity index (χ1) is 9.73. The van der Waals surface area contributed by atoms with E-state index in [4.69, 9.17) is 9.16 Å².